The first-order valence-corrected chi connectivity index (χ1v) is 8.42. The quantitative estimate of drug-likeness (QED) is 0.609. The van der Waals surface area contributed by atoms with Gasteiger partial charge in [0, 0.05) is 33.5 Å². The molecule has 1 N–H and O–H groups in total. The highest BCUT2D eigenvalue weighted by Crippen LogP contribution is 2.35. The minimum atomic E-state index is -0.539. The summed E-state index contributed by atoms with van der Waals surface area (Å²) in [5.41, 5.74) is 2.05. The zero-order valence-corrected chi connectivity index (χ0v) is 14.9. The maximum absolute atomic E-state index is 12.0. The lowest BCUT2D eigenvalue weighted by Crippen LogP contribution is -2.26. The fourth-order valence-corrected chi connectivity index (χ4v) is 4.05. The maximum atomic E-state index is 12.0. The zero-order chi connectivity index (χ0) is 15.6. The predicted molar refractivity (Wildman–Crippen MR) is 93.5 cm³/mol. The molecular weight excluding hydrogens is 401 g/mol. The van der Waals surface area contributed by atoms with Crippen molar-refractivity contribution >= 4 is 56.3 Å². The van der Waals surface area contributed by atoms with Gasteiger partial charge in [0.1, 0.15) is 5.25 Å². The first-order valence-electron chi connectivity index (χ1n) is 6.46. The number of nitrogens with one attached hydrogen (secondary N) is 1. The number of carbonyl (C=O) groups excluding carboxylic acids is 2. The summed E-state index contributed by atoms with van der Waals surface area (Å²) in [4.78, 5) is 26.6. The molecule has 0 spiro atoms. The van der Waals surface area contributed by atoms with Crippen LogP contribution in [0.1, 0.15) is 25.3 Å². The van der Waals surface area contributed by atoms with Crippen molar-refractivity contribution in [3.05, 3.63) is 33.5 Å². The minimum absolute atomic E-state index is 0.0909. The highest BCUT2D eigenvalue weighted by molar-refractivity contribution is 14.1. The van der Waals surface area contributed by atoms with Crippen molar-refractivity contribution in [1.82, 2.24) is 4.98 Å². The van der Waals surface area contributed by atoms with Crippen LogP contribution in [-0.2, 0) is 14.3 Å². The third kappa shape index (κ3) is 3.42. The van der Waals surface area contributed by atoms with Crippen LogP contribution in [-0.4, -0.2) is 28.4 Å². The Balaban J connectivity index is 2.45. The maximum Gasteiger partial charge on any atom is 0.319 e. The van der Waals surface area contributed by atoms with E-state index >= 15 is 0 Å². The van der Waals surface area contributed by atoms with E-state index in [1.807, 2.05) is 31.3 Å². The van der Waals surface area contributed by atoms with Crippen molar-refractivity contribution in [3.63, 3.8) is 0 Å². The number of methoxy groups -OCH3 is 1. The van der Waals surface area contributed by atoms with Gasteiger partial charge in [-0.05, 0) is 40.3 Å². The number of carbonyl (C=O) groups is 2. The predicted octanol–water partition coefficient (Wildman–Crippen LogP) is 3.70. The van der Waals surface area contributed by atoms with Gasteiger partial charge in [0.15, 0.2) is 5.12 Å². The summed E-state index contributed by atoms with van der Waals surface area (Å²) in [5, 5.41) is 0.470. The molecule has 4 nitrogen and oxygen atoms in total. The zero-order valence-electron chi connectivity index (χ0n) is 12.0. The van der Waals surface area contributed by atoms with Crippen LogP contribution < -0.4 is 0 Å². The van der Waals surface area contributed by atoms with Crippen molar-refractivity contribution in [2.45, 2.75) is 25.0 Å². The Morgan fingerprint density at radius 2 is 2.10 bits per heavy atom. The van der Waals surface area contributed by atoms with E-state index in [0.717, 1.165) is 31.8 Å². The third-order valence-electron chi connectivity index (χ3n) is 3.36. The number of esters is 1. The molecule has 0 fully saturated rings. The van der Waals surface area contributed by atoms with E-state index < -0.39 is 5.25 Å². The van der Waals surface area contributed by atoms with E-state index in [2.05, 4.69) is 27.6 Å². The Morgan fingerprint density at radius 3 is 2.71 bits per heavy atom. The number of rotatable bonds is 4. The summed E-state index contributed by atoms with van der Waals surface area (Å²) in [6.07, 6.45) is 1.91. The van der Waals surface area contributed by atoms with E-state index in [1.54, 1.807) is 0 Å². The van der Waals surface area contributed by atoms with E-state index in [-0.39, 0.29) is 17.0 Å². The number of benzene rings is 1. The van der Waals surface area contributed by atoms with E-state index in [0.29, 0.717) is 0 Å². The van der Waals surface area contributed by atoms with Crippen LogP contribution in [0.25, 0.3) is 10.9 Å². The molecule has 0 bridgehead atoms. The Bertz CT molecular complexity index is 683. The van der Waals surface area contributed by atoms with Crippen molar-refractivity contribution in [1.29, 1.82) is 0 Å². The molecule has 2 rings (SSSR count). The van der Waals surface area contributed by atoms with E-state index in [9.17, 15) is 9.59 Å². The number of aromatic amines is 1. The second-order valence-corrected chi connectivity index (χ2v) is 7.23. The molecule has 2 aromatic rings. The van der Waals surface area contributed by atoms with Gasteiger partial charge in [0.05, 0.1) is 7.11 Å². The third-order valence-corrected chi connectivity index (χ3v) is 5.44. The first-order chi connectivity index (χ1) is 9.95. The summed E-state index contributed by atoms with van der Waals surface area (Å²) < 4.78 is 5.97. The molecule has 0 aliphatic rings. The Hall–Kier alpha value is -1.02. The molecular formula is C15H16INO3S. The summed E-state index contributed by atoms with van der Waals surface area (Å²) in [6, 6.07) is 6.01. The van der Waals surface area contributed by atoms with Crippen molar-refractivity contribution in [2.75, 3.05) is 7.11 Å². The summed E-state index contributed by atoms with van der Waals surface area (Å²) >= 11 is 3.30. The largest absolute Gasteiger partial charge is 0.468 e. The Morgan fingerprint density at radius 1 is 1.38 bits per heavy atom. The molecule has 6 heteroatoms. The van der Waals surface area contributed by atoms with Crippen molar-refractivity contribution in [2.24, 2.45) is 0 Å². The van der Waals surface area contributed by atoms with Crippen LogP contribution in [0.2, 0.25) is 0 Å². The fourth-order valence-electron chi connectivity index (χ4n) is 2.34. The first kappa shape index (κ1) is 16.4. The van der Waals surface area contributed by atoms with Gasteiger partial charge in [0.2, 0.25) is 0 Å². The van der Waals surface area contributed by atoms with E-state index in [1.165, 1.54) is 14.0 Å². The molecule has 1 aromatic carbocycles. The van der Waals surface area contributed by atoms with Crippen LogP contribution >= 0.6 is 34.4 Å². The van der Waals surface area contributed by atoms with Gasteiger partial charge in [-0.2, -0.15) is 0 Å². The molecule has 2 atom stereocenters. The highest BCUT2D eigenvalue weighted by Gasteiger charge is 2.31. The standard InChI is InChI=1S/C15H16INO3S/c1-8(14(15(19)20-3)21-9(2)18)10-7-17-12-6-4-5-11(16)13(10)12/h4-8,14,17H,1-3H3/t8-,14+/m0/s1. The molecule has 0 saturated carbocycles. The van der Waals surface area contributed by atoms with Gasteiger partial charge in [-0.25, -0.2) is 0 Å². The molecule has 112 valence electrons. The fraction of sp³-hybridized carbons (Fsp3) is 0.333. The van der Waals surface area contributed by atoms with Crippen LogP contribution in [0.4, 0.5) is 0 Å². The average Bonchev–Trinajstić information content (AvgIpc) is 2.88. The average molecular weight is 417 g/mol. The lowest BCUT2D eigenvalue weighted by Gasteiger charge is -2.20. The van der Waals surface area contributed by atoms with Gasteiger partial charge >= 0.3 is 5.97 Å². The minimum Gasteiger partial charge on any atom is -0.468 e. The van der Waals surface area contributed by atoms with Gasteiger partial charge in [-0.3, -0.25) is 9.59 Å². The lowest BCUT2D eigenvalue weighted by atomic mass is 9.97. The second kappa shape index (κ2) is 6.83. The molecule has 1 aromatic heterocycles. The van der Waals surface area contributed by atoms with E-state index in [4.69, 9.17) is 4.74 Å². The highest BCUT2D eigenvalue weighted by atomic mass is 127. The molecule has 0 radical (unpaired) electrons. The molecule has 1 heterocycles. The number of thioether (sulfide) groups is 1. The number of ether oxygens (including phenoxy) is 1. The summed E-state index contributed by atoms with van der Waals surface area (Å²) in [6.45, 7) is 3.41. The Labute approximate surface area is 141 Å². The summed E-state index contributed by atoms with van der Waals surface area (Å²) in [7, 11) is 1.35. The second-order valence-electron chi connectivity index (χ2n) is 4.75. The number of aromatic nitrogens is 1. The van der Waals surface area contributed by atoms with Gasteiger partial charge in [0.25, 0.3) is 0 Å². The van der Waals surface area contributed by atoms with Gasteiger partial charge in [-0.1, -0.05) is 24.8 Å². The number of halogens is 1. The smallest absolute Gasteiger partial charge is 0.319 e. The molecule has 0 aliphatic carbocycles. The Kier molecular flexibility index (Phi) is 5.32. The molecule has 0 amide bonds. The molecule has 0 saturated heterocycles. The number of H-pyrrole nitrogens is 1. The monoisotopic (exact) mass is 417 g/mol. The topological polar surface area (TPSA) is 59.2 Å². The number of hydrogen-bond acceptors (Lipinski definition) is 4. The van der Waals surface area contributed by atoms with Crippen LogP contribution in [0.3, 0.4) is 0 Å². The summed E-state index contributed by atoms with van der Waals surface area (Å²) in [5.74, 6) is -0.501. The number of fused-ring (bicyclic) bond motifs is 1. The lowest BCUT2D eigenvalue weighted by molar-refractivity contribution is -0.140. The van der Waals surface area contributed by atoms with Crippen LogP contribution in [0.5, 0.6) is 0 Å². The van der Waals surface area contributed by atoms with Crippen LogP contribution in [0.15, 0.2) is 24.4 Å². The molecule has 0 aliphatic heterocycles. The molecule has 0 unspecified atom stereocenters. The van der Waals surface area contributed by atoms with Gasteiger partial charge < -0.3 is 9.72 Å². The van der Waals surface area contributed by atoms with Crippen molar-refractivity contribution < 1.29 is 14.3 Å². The molecule has 21 heavy (non-hydrogen) atoms. The van der Waals surface area contributed by atoms with Crippen molar-refractivity contribution in [3.8, 4) is 0 Å². The number of hydrogen-bond donors (Lipinski definition) is 1. The SMILES string of the molecule is COC(=O)[C@H](SC(C)=O)[C@@H](C)c1c[nH]c2cccc(I)c12. The van der Waals surface area contributed by atoms with Gasteiger partial charge in [-0.15, -0.1) is 0 Å². The normalized spacial score (nSPS) is 13.9. The van der Waals surface area contributed by atoms with Crippen LogP contribution in [0, 0.1) is 3.57 Å².